The maximum absolute atomic E-state index is 6.61. The van der Waals surface area contributed by atoms with Gasteiger partial charge in [0.25, 0.3) is 0 Å². The van der Waals surface area contributed by atoms with Crippen molar-refractivity contribution in [2.75, 3.05) is 12.5 Å². The van der Waals surface area contributed by atoms with Crippen molar-refractivity contribution in [1.82, 2.24) is 0 Å². The molecule has 46 heavy (non-hydrogen) atoms. The van der Waals surface area contributed by atoms with Crippen molar-refractivity contribution in [1.29, 1.82) is 0 Å². The van der Waals surface area contributed by atoms with Gasteiger partial charge in [-0.1, -0.05) is 60.7 Å². The Balaban J connectivity index is 1.13. The monoisotopic (exact) mass is 624 g/mol. The molecule has 4 bridgehead atoms. The van der Waals surface area contributed by atoms with Crippen LogP contribution < -0.4 is 5.46 Å². The fraction of sp³-hybridized carbons (Fsp3) is 0.429. The largest absolute Gasteiger partial charge is 0.494 e. The molecule has 0 unspecified atom stereocenters. The van der Waals surface area contributed by atoms with Crippen LogP contribution in [0, 0.1) is 23.7 Å². The Labute approximate surface area is 276 Å². The Morgan fingerprint density at radius 3 is 1.80 bits per heavy atom. The second kappa shape index (κ2) is 9.01. The molecule has 2 aliphatic heterocycles. The number of rotatable bonds is 2. The number of benzene rings is 4. The first-order valence-corrected chi connectivity index (χ1v) is 20.0. The summed E-state index contributed by atoms with van der Waals surface area (Å²) in [4.78, 5) is 3.06. The van der Waals surface area contributed by atoms with E-state index in [4.69, 9.17) is 9.31 Å². The molecule has 11 rings (SSSR count). The maximum Gasteiger partial charge on any atom is 0.494 e. The Hall–Kier alpha value is -2.79. The smallest absolute Gasteiger partial charge is 0.399 e. The van der Waals surface area contributed by atoms with Gasteiger partial charge in [0.05, 0.1) is 11.2 Å². The average molecular weight is 625 g/mol. The molecule has 2 nitrogen and oxygen atoms in total. The highest BCUT2D eigenvalue weighted by molar-refractivity contribution is 8.33. The van der Waals surface area contributed by atoms with Gasteiger partial charge >= 0.3 is 7.12 Å². The first-order valence-electron chi connectivity index (χ1n) is 17.6. The van der Waals surface area contributed by atoms with Gasteiger partial charge < -0.3 is 9.31 Å². The second-order valence-electron chi connectivity index (χ2n) is 16.9. The summed E-state index contributed by atoms with van der Waals surface area (Å²) in [7, 11) is -1.37. The second-order valence-corrected chi connectivity index (χ2v) is 20.4. The van der Waals surface area contributed by atoms with Crippen LogP contribution in [0.3, 0.4) is 0 Å². The van der Waals surface area contributed by atoms with E-state index in [0.29, 0.717) is 11.8 Å². The van der Waals surface area contributed by atoms with Crippen molar-refractivity contribution in [3.05, 3.63) is 90.0 Å². The van der Waals surface area contributed by atoms with Crippen LogP contribution >= 0.6 is 10.0 Å². The Morgan fingerprint density at radius 1 is 0.587 bits per heavy atom. The molecule has 5 aliphatic carbocycles. The zero-order valence-corrected chi connectivity index (χ0v) is 29.0. The van der Waals surface area contributed by atoms with Crippen LogP contribution in [0.5, 0.6) is 0 Å². The van der Waals surface area contributed by atoms with Crippen LogP contribution in [-0.2, 0) is 14.7 Å². The molecule has 2 heterocycles. The highest BCUT2D eigenvalue weighted by Crippen LogP contribution is 2.70. The summed E-state index contributed by atoms with van der Waals surface area (Å²) in [6, 6.07) is 31.1. The molecule has 0 amide bonds. The van der Waals surface area contributed by atoms with Gasteiger partial charge in [-0.3, -0.25) is 0 Å². The quantitative estimate of drug-likeness (QED) is 0.207. The van der Waals surface area contributed by atoms with Crippen LogP contribution in [-0.4, -0.2) is 30.8 Å². The highest BCUT2D eigenvalue weighted by Gasteiger charge is 2.62. The highest BCUT2D eigenvalue weighted by atomic mass is 32.3. The Bertz CT molecular complexity index is 1930. The molecule has 4 heteroatoms. The predicted molar refractivity (Wildman–Crippen MR) is 192 cm³/mol. The summed E-state index contributed by atoms with van der Waals surface area (Å²) in [6.45, 7) is 8.66. The van der Waals surface area contributed by atoms with E-state index in [9.17, 15) is 0 Å². The van der Waals surface area contributed by atoms with E-state index in [1.54, 1.807) is 11.1 Å². The van der Waals surface area contributed by atoms with E-state index in [0.717, 1.165) is 11.8 Å². The van der Waals surface area contributed by atoms with Gasteiger partial charge in [-0.15, -0.1) is 0 Å². The summed E-state index contributed by atoms with van der Waals surface area (Å²) in [5.74, 6) is 3.26. The van der Waals surface area contributed by atoms with E-state index in [1.807, 2.05) is 0 Å². The molecule has 4 aromatic carbocycles. The van der Waals surface area contributed by atoms with Crippen LogP contribution in [0.25, 0.3) is 33.4 Å². The molecular weight excluding hydrogens is 579 g/mol. The molecule has 1 saturated heterocycles. The van der Waals surface area contributed by atoms with Gasteiger partial charge in [-0.2, -0.15) is 10.0 Å². The van der Waals surface area contributed by atoms with Crippen molar-refractivity contribution in [3.63, 3.8) is 0 Å². The Morgan fingerprint density at radius 2 is 1.13 bits per heavy atom. The minimum absolute atomic E-state index is 0.0885. The van der Waals surface area contributed by atoms with Crippen molar-refractivity contribution in [3.8, 4) is 33.4 Å². The zero-order valence-electron chi connectivity index (χ0n) is 28.2. The van der Waals surface area contributed by atoms with Crippen molar-refractivity contribution in [2.24, 2.45) is 23.7 Å². The van der Waals surface area contributed by atoms with Gasteiger partial charge in [0.2, 0.25) is 0 Å². The molecule has 5 fully saturated rings. The maximum atomic E-state index is 6.61. The third-order valence-electron chi connectivity index (χ3n) is 13.8. The lowest BCUT2D eigenvalue weighted by atomic mass is 9.43. The van der Waals surface area contributed by atoms with E-state index < -0.39 is 10.0 Å². The zero-order chi connectivity index (χ0) is 31.4. The van der Waals surface area contributed by atoms with Gasteiger partial charge in [0.1, 0.15) is 0 Å². The van der Waals surface area contributed by atoms with Gasteiger partial charge in [-0.05, 0) is 164 Å². The summed E-state index contributed by atoms with van der Waals surface area (Å²) in [5.41, 5.74) is 12.3. The van der Waals surface area contributed by atoms with Gasteiger partial charge in [0.15, 0.2) is 0 Å². The van der Waals surface area contributed by atoms with Crippen LogP contribution in [0.15, 0.2) is 88.7 Å². The minimum Gasteiger partial charge on any atom is -0.399 e. The van der Waals surface area contributed by atoms with E-state index in [1.165, 1.54) is 80.7 Å². The molecule has 4 aromatic rings. The predicted octanol–water partition coefficient (Wildman–Crippen LogP) is 9.84. The summed E-state index contributed by atoms with van der Waals surface area (Å²) in [5, 5.41) is 0. The van der Waals surface area contributed by atoms with Crippen LogP contribution in [0.4, 0.5) is 0 Å². The van der Waals surface area contributed by atoms with E-state index >= 15 is 0 Å². The SMILES string of the molecule is CC1(C)OB(c2ccc3c(c2)C2(c4cc(-c5ccc6c(c5)S(C)(C)c5ccccc5-6)ccc4-3)C3CC4CC(C3)CC2C4)OC1(C)C. The van der Waals surface area contributed by atoms with Crippen molar-refractivity contribution in [2.45, 2.75) is 86.2 Å². The molecule has 1 spiro atoms. The topological polar surface area (TPSA) is 18.5 Å². The van der Waals surface area contributed by atoms with E-state index in [2.05, 4.69) is 119 Å². The molecular formula is C42H45BO2S. The Kier molecular flexibility index (Phi) is 5.53. The molecule has 4 saturated carbocycles. The molecule has 7 aliphatic rings. The first-order chi connectivity index (χ1) is 22.0. The first kappa shape index (κ1) is 28.2. The van der Waals surface area contributed by atoms with Crippen LogP contribution in [0.1, 0.15) is 70.9 Å². The molecule has 0 aromatic heterocycles. The lowest BCUT2D eigenvalue weighted by Crippen LogP contribution is -2.55. The van der Waals surface area contributed by atoms with Crippen molar-refractivity contribution >= 4 is 22.6 Å². The fourth-order valence-corrected chi connectivity index (χ4v) is 13.7. The third kappa shape index (κ3) is 3.49. The third-order valence-corrected chi connectivity index (χ3v) is 16.7. The number of fused-ring (bicyclic) bond motifs is 6. The van der Waals surface area contributed by atoms with Crippen molar-refractivity contribution < 1.29 is 9.31 Å². The number of hydrogen-bond acceptors (Lipinski definition) is 2. The van der Waals surface area contributed by atoms with Gasteiger partial charge in [-0.25, -0.2) is 0 Å². The summed E-state index contributed by atoms with van der Waals surface area (Å²) < 4.78 is 13.2. The lowest BCUT2D eigenvalue weighted by Gasteiger charge is -2.61. The average Bonchev–Trinajstić information content (AvgIpc) is 3.54. The normalized spacial score (nSPS) is 31.9. The molecule has 0 radical (unpaired) electrons. The standard InChI is InChI=1S/C42H45BO2S/c1-40(2)41(3,4)45-43(44-40)31-13-16-33-32-14-11-27(28-12-15-35-34-9-7-8-10-38(34)46(5,6)39(35)23-28)22-36(32)42(37(33)24-31)29-18-25-17-26(20-29)21-30(42)19-25/h7-16,22-26,29-30H,17-21H2,1-6H3. The number of hydrogen-bond donors (Lipinski definition) is 0. The van der Waals surface area contributed by atoms with Gasteiger partial charge in [0, 0.05) is 15.2 Å². The summed E-state index contributed by atoms with van der Waals surface area (Å²) in [6.07, 6.45) is 11.9. The molecule has 0 N–H and O–H groups in total. The molecule has 234 valence electrons. The van der Waals surface area contributed by atoms with E-state index in [-0.39, 0.29) is 23.7 Å². The lowest BCUT2D eigenvalue weighted by molar-refractivity contribution is -0.0399. The minimum atomic E-state index is -1.04. The summed E-state index contributed by atoms with van der Waals surface area (Å²) >= 11 is 0. The van der Waals surface area contributed by atoms with Crippen LogP contribution in [0.2, 0.25) is 0 Å². The fourth-order valence-electron chi connectivity index (χ4n) is 11.1. The molecule has 0 atom stereocenters.